The molecule has 1 aliphatic rings. The predicted octanol–water partition coefficient (Wildman–Crippen LogP) is 3.83. The van der Waals surface area contributed by atoms with Crippen molar-refractivity contribution in [3.05, 3.63) is 71.3 Å². The van der Waals surface area contributed by atoms with Crippen molar-refractivity contribution >= 4 is 23.5 Å². The number of rotatable bonds is 7. The van der Waals surface area contributed by atoms with Crippen molar-refractivity contribution in [2.24, 2.45) is 0 Å². The molecule has 0 saturated carbocycles. The van der Waals surface area contributed by atoms with Gasteiger partial charge in [0.2, 0.25) is 5.95 Å². The molecule has 6 nitrogen and oxygen atoms in total. The minimum absolute atomic E-state index is 0.0992. The molecule has 0 spiro atoms. The first kappa shape index (κ1) is 20.6. The molecule has 1 unspecified atom stereocenters. The summed E-state index contributed by atoms with van der Waals surface area (Å²) < 4.78 is 7.61. The van der Waals surface area contributed by atoms with E-state index < -0.39 is 0 Å². The van der Waals surface area contributed by atoms with E-state index in [1.54, 1.807) is 0 Å². The number of aromatic nitrogens is 3. The van der Waals surface area contributed by atoms with Crippen molar-refractivity contribution in [1.29, 1.82) is 0 Å². The van der Waals surface area contributed by atoms with Gasteiger partial charge in [-0.3, -0.25) is 9.36 Å². The lowest BCUT2D eigenvalue weighted by atomic mass is 10.1. The number of hydrogen-bond donors (Lipinski definition) is 0. The average molecular weight is 423 g/mol. The minimum Gasteiger partial charge on any atom is -0.378 e. The van der Waals surface area contributed by atoms with Crippen molar-refractivity contribution in [2.45, 2.75) is 30.8 Å². The number of morpholine rings is 1. The van der Waals surface area contributed by atoms with Crippen molar-refractivity contribution < 1.29 is 9.53 Å². The van der Waals surface area contributed by atoms with Gasteiger partial charge >= 0.3 is 0 Å². The molecule has 7 heteroatoms. The van der Waals surface area contributed by atoms with E-state index in [4.69, 9.17) is 4.74 Å². The minimum atomic E-state index is -0.260. The summed E-state index contributed by atoms with van der Waals surface area (Å²) in [4.78, 5) is 15.1. The Morgan fingerprint density at radius 2 is 1.77 bits per heavy atom. The highest BCUT2D eigenvalue weighted by atomic mass is 32.2. The zero-order valence-electron chi connectivity index (χ0n) is 17.3. The van der Waals surface area contributed by atoms with Gasteiger partial charge in [-0.2, -0.15) is 0 Å². The van der Waals surface area contributed by atoms with Crippen LogP contribution in [0.3, 0.4) is 0 Å². The van der Waals surface area contributed by atoms with E-state index in [2.05, 4.69) is 31.8 Å². The van der Waals surface area contributed by atoms with Crippen molar-refractivity contribution in [2.75, 3.05) is 31.2 Å². The summed E-state index contributed by atoms with van der Waals surface area (Å²) in [7, 11) is 0. The van der Waals surface area contributed by atoms with Gasteiger partial charge in [-0.15, -0.1) is 10.2 Å². The molecule has 1 atom stereocenters. The summed E-state index contributed by atoms with van der Waals surface area (Å²) in [5.41, 5.74) is 3.04. The Morgan fingerprint density at radius 3 is 2.47 bits per heavy atom. The largest absolute Gasteiger partial charge is 0.378 e. The molecule has 1 aliphatic heterocycles. The number of aryl methyl sites for hydroxylation is 1. The SMILES string of the molecule is Cc1ccc(C(=O)C(C)Sc2nnc(N3CCOCC3)n2Cc2ccccc2)cc1. The first-order valence-corrected chi connectivity index (χ1v) is 11.1. The second-order valence-electron chi connectivity index (χ2n) is 7.44. The number of Topliss-reactive ketones (excluding diaryl/α,β-unsaturated/α-hetero) is 1. The van der Waals surface area contributed by atoms with Crippen molar-refractivity contribution in [3.8, 4) is 0 Å². The quantitative estimate of drug-likeness (QED) is 0.426. The van der Waals surface area contributed by atoms with Gasteiger partial charge in [0.25, 0.3) is 0 Å². The van der Waals surface area contributed by atoms with Crippen LogP contribution in [0.25, 0.3) is 0 Å². The molecule has 1 aromatic heterocycles. The van der Waals surface area contributed by atoms with Crippen LogP contribution >= 0.6 is 11.8 Å². The standard InChI is InChI=1S/C23H26N4O2S/c1-17-8-10-20(11-9-17)21(28)18(2)30-23-25-24-22(26-12-14-29-15-13-26)27(23)16-19-6-4-3-5-7-19/h3-11,18H,12-16H2,1-2H3. The summed E-state index contributed by atoms with van der Waals surface area (Å²) >= 11 is 1.46. The number of ketones is 1. The Bertz CT molecular complexity index is 982. The molecular weight excluding hydrogens is 396 g/mol. The van der Waals surface area contributed by atoms with Crippen LogP contribution in [0.5, 0.6) is 0 Å². The number of carbonyl (C=O) groups excluding carboxylic acids is 1. The van der Waals surface area contributed by atoms with Crippen LogP contribution in [0, 0.1) is 6.92 Å². The highest BCUT2D eigenvalue weighted by molar-refractivity contribution is 8.00. The van der Waals surface area contributed by atoms with Gasteiger partial charge in [-0.1, -0.05) is 71.9 Å². The Balaban J connectivity index is 1.59. The van der Waals surface area contributed by atoms with Gasteiger partial charge in [-0.05, 0) is 19.4 Å². The number of benzene rings is 2. The monoisotopic (exact) mass is 422 g/mol. The van der Waals surface area contributed by atoms with E-state index in [0.717, 1.165) is 35.3 Å². The Kier molecular flexibility index (Phi) is 6.50. The summed E-state index contributed by atoms with van der Waals surface area (Å²) in [5, 5.41) is 9.44. The van der Waals surface area contributed by atoms with Crippen molar-refractivity contribution in [3.63, 3.8) is 0 Å². The maximum Gasteiger partial charge on any atom is 0.228 e. The number of hydrogen-bond acceptors (Lipinski definition) is 6. The van der Waals surface area contributed by atoms with Gasteiger partial charge < -0.3 is 9.64 Å². The van der Waals surface area contributed by atoms with Crippen LogP contribution in [-0.2, 0) is 11.3 Å². The highest BCUT2D eigenvalue weighted by Crippen LogP contribution is 2.28. The third-order valence-electron chi connectivity index (χ3n) is 5.16. The zero-order chi connectivity index (χ0) is 20.9. The average Bonchev–Trinajstić information content (AvgIpc) is 3.17. The zero-order valence-corrected chi connectivity index (χ0v) is 18.1. The van der Waals surface area contributed by atoms with Crippen LogP contribution < -0.4 is 4.90 Å². The highest BCUT2D eigenvalue weighted by Gasteiger charge is 2.24. The molecule has 3 aromatic rings. The maximum absolute atomic E-state index is 12.9. The van der Waals surface area contributed by atoms with E-state index >= 15 is 0 Å². The summed E-state index contributed by atoms with van der Waals surface area (Å²) in [6.07, 6.45) is 0. The van der Waals surface area contributed by atoms with E-state index in [1.807, 2.05) is 56.3 Å². The molecule has 1 fully saturated rings. The van der Waals surface area contributed by atoms with Crippen LogP contribution in [-0.4, -0.2) is 52.1 Å². The molecule has 1 saturated heterocycles. The lowest BCUT2D eigenvalue weighted by Crippen LogP contribution is -2.38. The van der Waals surface area contributed by atoms with E-state index in [-0.39, 0.29) is 11.0 Å². The second kappa shape index (κ2) is 9.45. The Morgan fingerprint density at radius 1 is 1.07 bits per heavy atom. The molecular formula is C23H26N4O2S. The number of thioether (sulfide) groups is 1. The fraction of sp³-hybridized carbons (Fsp3) is 0.348. The Hall–Kier alpha value is -2.64. The molecule has 2 aromatic carbocycles. The van der Waals surface area contributed by atoms with Gasteiger partial charge in [0, 0.05) is 18.7 Å². The van der Waals surface area contributed by atoms with E-state index in [9.17, 15) is 4.79 Å². The third kappa shape index (κ3) is 4.74. The maximum atomic E-state index is 12.9. The van der Waals surface area contributed by atoms with Crippen LogP contribution in [0.4, 0.5) is 5.95 Å². The van der Waals surface area contributed by atoms with Gasteiger partial charge in [0.1, 0.15) is 0 Å². The van der Waals surface area contributed by atoms with E-state index in [0.29, 0.717) is 19.8 Å². The van der Waals surface area contributed by atoms with Gasteiger partial charge in [0.05, 0.1) is 25.0 Å². The summed E-state index contributed by atoms with van der Waals surface area (Å²) in [6, 6.07) is 18.0. The lowest BCUT2D eigenvalue weighted by Gasteiger charge is -2.28. The third-order valence-corrected chi connectivity index (χ3v) is 6.24. The summed E-state index contributed by atoms with van der Waals surface area (Å²) in [5.74, 6) is 0.932. The molecule has 0 radical (unpaired) electrons. The molecule has 0 bridgehead atoms. The van der Waals surface area contributed by atoms with Crippen LogP contribution in [0.15, 0.2) is 59.8 Å². The van der Waals surface area contributed by atoms with E-state index in [1.165, 1.54) is 17.3 Å². The van der Waals surface area contributed by atoms with Gasteiger partial charge in [-0.25, -0.2) is 0 Å². The summed E-state index contributed by atoms with van der Waals surface area (Å²) in [6.45, 7) is 7.56. The first-order valence-electron chi connectivity index (χ1n) is 10.2. The fourth-order valence-corrected chi connectivity index (χ4v) is 4.35. The lowest BCUT2D eigenvalue weighted by molar-refractivity contribution is 0.0994. The molecule has 30 heavy (non-hydrogen) atoms. The fourth-order valence-electron chi connectivity index (χ4n) is 3.43. The molecule has 4 rings (SSSR count). The van der Waals surface area contributed by atoms with Crippen molar-refractivity contribution in [1.82, 2.24) is 14.8 Å². The number of anilines is 1. The van der Waals surface area contributed by atoms with Crippen LogP contribution in [0.1, 0.15) is 28.4 Å². The Labute approximate surface area is 181 Å². The number of ether oxygens (including phenoxy) is 1. The molecule has 2 heterocycles. The van der Waals surface area contributed by atoms with Gasteiger partial charge in [0.15, 0.2) is 10.9 Å². The number of nitrogens with zero attached hydrogens (tertiary/aromatic N) is 4. The predicted molar refractivity (Wildman–Crippen MR) is 119 cm³/mol. The normalized spacial score (nSPS) is 15.2. The second-order valence-corrected chi connectivity index (χ2v) is 8.75. The molecule has 0 amide bonds. The topological polar surface area (TPSA) is 60.3 Å². The van der Waals surface area contributed by atoms with Crippen LogP contribution in [0.2, 0.25) is 0 Å². The first-order chi connectivity index (χ1) is 14.6. The number of carbonyl (C=O) groups is 1. The molecule has 0 aliphatic carbocycles. The molecule has 0 N–H and O–H groups in total. The smallest absolute Gasteiger partial charge is 0.228 e. The molecule has 156 valence electrons.